The molecule has 0 fully saturated rings. The molecule has 2 nitrogen and oxygen atoms in total. The number of hydrogen-bond acceptors (Lipinski definition) is 2. The Morgan fingerprint density at radius 1 is 0.844 bits per heavy atom. The van der Waals surface area contributed by atoms with Crippen molar-refractivity contribution in [1.29, 1.82) is 5.26 Å². The maximum absolute atomic E-state index is 13.7. The van der Waals surface area contributed by atoms with Crippen molar-refractivity contribution in [3.63, 3.8) is 0 Å². The maximum Gasteiger partial charge on any atom is 0.142 e. The molecule has 0 saturated heterocycles. The predicted octanol–water partition coefficient (Wildman–Crippen LogP) is 7.50. The summed E-state index contributed by atoms with van der Waals surface area (Å²) < 4.78 is 19.7. The fraction of sp³-hybridized carbons (Fsp3) is 0.276. The van der Waals surface area contributed by atoms with Crippen LogP contribution in [0.4, 0.5) is 4.39 Å². The van der Waals surface area contributed by atoms with Crippen LogP contribution in [0.5, 0.6) is 5.75 Å². The third-order valence-corrected chi connectivity index (χ3v) is 5.31. The monoisotopic (exact) mass is 425 g/mol. The summed E-state index contributed by atoms with van der Waals surface area (Å²) in [7, 11) is 0. The topological polar surface area (TPSA) is 33.0 Å². The van der Waals surface area contributed by atoms with Crippen molar-refractivity contribution in [2.75, 3.05) is 0 Å². The highest BCUT2D eigenvalue weighted by Crippen LogP contribution is 2.24. The first-order valence-corrected chi connectivity index (χ1v) is 11.2. The summed E-state index contributed by atoms with van der Waals surface area (Å²) in [4.78, 5) is 0. The zero-order chi connectivity index (χ0) is 22.8. The van der Waals surface area contributed by atoms with Gasteiger partial charge in [-0.05, 0) is 73.4 Å². The SMILES string of the molecule is CCCCCC[C@H](C)Oc1ccc(-c2ccc(C#Cc3ccc(C#N)c(F)c3)cc2)cc1. The van der Waals surface area contributed by atoms with Crippen LogP contribution >= 0.6 is 0 Å². The second-order valence-corrected chi connectivity index (χ2v) is 7.94. The highest BCUT2D eigenvalue weighted by Gasteiger charge is 2.05. The van der Waals surface area contributed by atoms with E-state index in [2.05, 4.69) is 37.8 Å². The largest absolute Gasteiger partial charge is 0.491 e. The maximum atomic E-state index is 13.7. The zero-order valence-electron chi connectivity index (χ0n) is 18.7. The minimum absolute atomic E-state index is 0.0257. The minimum atomic E-state index is -0.548. The lowest BCUT2D eigenvalue weighted by atomic mass is 10.0. The van der Waals surface area contributed by atoms with Crippen LogP contribution in [0.1, 0.15) is 62.6 Å². The van der Waals surface area contributed by atoms with E-state index in [-0.39, 0.29) is 11.7 Å². The molecule has 3 aromatic carbocycles. The Morgan fingerprint density at radius 3 is 2.09 bits per heavy atom. The van der Waals surface area contributed by atoms with E-state index in [4.69, 9.17) is 10.00 Å². The summed E-state index contributed by atoms with van der Waals surface area (Å²) in [5.41, 5.74) is 3.62. The van der Waals surface area contributed by atoms with Crippen molar-refractivity contribution in [3.05, 3.63) is 89.2 Å². The third-order valence-electron chi connectivity index (χ3n) is 5.31. The minimum Gasteiger partial charge on any atom is -0.491 e. The number of halogens is 1. The van der Waals surface area contributed by atoms with Gasteiger partial charge in [-0.3, -0.25) is 0 Å². The van der Waals surface area contributed by atoms with Gasteiger partial charge in [-0.15, -0.1) is 0 Å². The van der Waals surface area contributed by atoms with Gasteiger partial charge in [-0.1, -0.05) is 62.3 Å². The molecule has 0 heterocycles. The summed E-state index contributed by atoms with van der Waals surface area (Å²) in [5.74, 6) is 6.33. The van der Waals surface area contributed by atoms with E-state index in [0.29, 0.717) is 5.56 Å². The Balaban J connectivity index is 1.59. The first kappa shape index (κ1) is 23.1. The molecular formula is C29H28FNO. The van der Waals surface area contributed by atoms with Crippen LogP contribution < -0.4 is 4.74 Å². The molecule has 0 aliphatic rings. The number of hydrogen-bond donors (Lipinski definition) is 0. The van der Waals surface area contributed by atoms with Crippen molar-refractivity contribution < 1.29 is 9.13 Å². The number of nitrogens with zero attached hydrogens (tertiary/aromatic N) is 1. The van der Waals surface area contributed by atoms with Gasteiger partial charge in [0.1, 0.15) is 17.6 Å². The summed E-state index contributed by atoms with van der Waals surface area (Å²) in [5, 5.41) is 8.81. The van der Waals surface area contributed by atoms with Crippen LogP contribution in [0.25, 0.3) is 11.1 Å². The van der Waals surface area contributed by atoms with Crippen LogP contribution in [-0.4, -0.2) is 6.10 Å². The molecule has 162 valence electrons. The summed E-state index contributed by atoms with van der Waals surface area (Å²) in [6, 6.07) is 22.3. The molecule has 3 rings (SSSR count). The lowest BCUT2D eigenvalue weighted by Crippen LogP contribution is -2.11. The fourth-order valence-electron chi connectivity index (χ4n) is 3.45. The van der Waals surface area contributed by atoms with Crippen LogP contribution in [-0.2, 0) is 0 Å². The molecule has 0 spiro atoms. The van der Waals surface area contributed by atoms with Crippen LogP contribution in [0.15, 0.2) is 66.7 Å². The third kappa shape index (κ3) is 6.73. The standard InChI is InChI=1S/C29H28FNO/c1-3-4-5-6-7-22(2)32-28-18-16-26(17-19-28)25-13-10-23(11-14-25)8-9-24-12-15-27(21-31)29(30)20-24/h10-20,22H,3-7H2,1-2H3/t22-/m0/s1. The van der Waals surface area contributed by atoms with Crippen molar-refractivity contribution in [3.8, 4) is 34.8 Å². The Kier molecular flexibility index (Phi) is 8.47. The van der Waals surface area contributed by atoms with Crippen LogP contribution in [0.3, 0.4) is 0 Å². The fourth-order valence-corrected chi connectivity index (χ4v) is 3.45. The van der Waals surface area contributed by atoms with Gasteiger partial charge in [0, 0.05) is 11.1 Å². The van der Waals surface area contributed by atoms with E-state index >= 15 is 0 Å². The molecule has 3 heteroatoms. The molecule has 0 aromatic heterocycles. The molecule has 1 atom stereocenters. The smallest absolute Gasteiger partial charge is 0.142 e. The van der Waals surface area contributed by atoms with E-state index in [1.54, 1.807) is 6.07 Å². The number of unbranched alkanes of at least 4 members (excludes halogenated alkanes) is 3. The molecule has 0 radical (unpaired) electrons. The summed E-state index contributed by atoms with van der Waals surface area (Å²) in [6.45, 7) is 4.36. The van der Waals surface area contributed by atoms with Gasteiger partial charge in [0.2, 0.25) is 0 Å². The summed E-state index contributed by atoms with van der Waals surface area (Å²) in [6.07, 6.45) is 6.33. The van der Waals surface area contributed by atoms with Gasteiger partial charge in [-0.2, -0.15) is 5.26 Å². The molecule has 0 aliphatic heterocycles. The van der Waals surface area contributed by atoms with E-state index in [9.17, 15) is 4.39 Å². The molecule has 0 amide bonds. The molecule has 0 aliphatic carbocycles. The average Bonchev–Trinajstić information content (AvgIpc) is 2.81. The first-order valence-electron chi connectivity index (χ1n) is 11.2. The van der Waals surface area contributed by atoms with Crippen LogP contribution in [0.2, 0.25) is 0 Å². The Hall–Kier alpha value is -3.56. The Bertz CT molecular complexity index is 1120. The number of rotatable bonds is 8. The Morgan fingerprint density at radius 2 is 1.47 bits per heavy atom. The summed E-state index contributed by atoms with van der Waals surface area (Å²) >= 11 is 0. The second kappa shape index (κ2) is 11.7. The van der Waals surface area contributed by atoms with E-state index in [1.165, 1.54) is 37.8 Å². The van der Waals surface area contributed by atoms with E-state index < -0.39 is 5.82 Å². The molecule has 0 bridgehead atoms. The van der Waals surface area contributed by atoms with Gasteiger partial charge >= 0.3 is 0 Å². The lowest BCUT2D eigenvalue weighted by molar-refractivity contribution is 0.206. The van der Waals surface area contributed by atoms with Gasteiger partial charge in [0.25, 0.3) is 0 Å². The highest BCUT2D eigenvalue weighted by molar-refractivity contribution is 5.65. The Labute approximate surface area is 190 Å². The van der Waals surface area contributed by atoms with Gasteiger partial charge in [0.15, 0.2) is 0 Å². The van der Waals surface area contributed by atoms with Gasteiger partial charge in [-0.25, -0.2) is 4.39 Å². The van der Waals surface area contributed by atoms with Gasteiger partial charge < -0.3 is 4.74 Å². The molecule has 0 N–H and O–H groups in total. The van der Waals surface area contributed by atoms with Gasteiger partial charge in [0.05, 0.1) is 11.7 Å². The molecule has 32 heavy (non-hydrogen) atoms. The molecule has 0 unspecified atom stereocenters. The predicted molar refractivity (Wildman–Crippen MR) is 128 cm³/mol. The number of nitriles is 1. The van der Waals surface area contributed by atoms with Crippen molar-refractivity contribution >= 4 is 0 Å². The second-order valence-electron chi connectivity index (χ2n) is 7.94. The number of benzene rings is 3. The average molecular weight is 426 g/mol. The highest BCUT2D eigenvalue weighted by atomic mass is 19.1. The van der Waals surface area contributed by atoms with Crippen molar-refractivity contribution in [2.24, 2.45) is 0 Å². The van der Waals surface area contributed by atoms with Crippen molar-refractivity contribution in [2.45, 2.75) is 52.1 Å². The number of ether oxygens (including phenoxy) is 1. The van der Waals surface area contributed by atoms with Crippen LogP contribution in [0, 0.1) is 29.0 Å². The quantitative estimate of drug-likeness (QED) is 0.276. The van der Waals surface area contributed by atoms with E-state index in [0.717, 1.165) is 28.9 Å². The molecule has 0 saturated carbocycles. The first-order chi connectivity index (χ1) is 15.6. The lowest BCUT2D eigenvalue weighted by Gasteiger charge is -2.15. The van der Waals surface area contributed by atoms with Crippen molar-refractivity contribution in [1.82, 2.24) is 0 Å². The normalized spacial score (nSPS) is 11.2. The zero-order valence-corrected chi connectivity index (χ0v) is 18.7. The molecular weight excluding hydrogens is 397 g/mol. The molecule has 3 aromatic rings. The van der Waals surface area contributed by atoms with E-state index in [1.807, 2.05) is 42.5 Å².